The summed E-state index contributed by atoms with van der Waals surface area (Å²) in [7, 11) is 0. The molecule has 1 N–H and O–H groups in total. The van der Waals surface area contributed by atoms with Crippen molar-refractivity contribution in [2.45, 2.75) is 6.92 Å². The van der Waals surface area contributed by atoms with Gasteiger partial charge in [-0.05, 0) is 53.2 Å². The number of tetrazole rings is 1. The molecule has 3 aromatic rings. The molecule has 0 aliphatic carbocycles. The molecule has 0 spiro atoms. The minimum Gasteiger partial charge on any atom is -0.322 e. The fraction of sp³-hybridized carbons (Fsp3) is 0.0667. The molecule has 0 saturated carbocycles. The Kier molecular flexibility index (Phi) is 3.61. The van der Waals surface area contributed by atoms with Gasteiger partial charge in [0.2, 0.25) is 0 Å². The Hall–Kier alpha value is -3.09. The van der Waals surface area contributed by atoms with Gasteiger partial charge in [-0.1, -0.05) is 12.1 Å². The molecule has 0 unspecified atom stereocenters. The van der Waals surface area contributed by atoms with Crippen LogP contribution in [0.4, 0.5) is 10.1 Å². The van der Waals surface area contributed by atoms with Crippen LogP contribution in [0, 0.1) is 12.7 Å². The van der Waals surface area contributed by atoms with Crippen molar-refractivity contribution in [3.8, 4) is 5.69 Å². The minimum absolute atomic E-state index is 0.257. The Morgan fingerprint density at radius 2 is 2.05 bits per heavy atom. The van der Waals surface area contributed by atoms with Crippen molar-refractivity contribution in [2.75, 3.05) is 5.32 Å². The summed E-state index contributed by atoms with van der Waals surface area (Å²) in [6.45, 7) is 1.85. The summed E-state index contributed by atoms with van der Waals surface area (Å²) < 4.78 is 14.7. The molecular formula is C15H12FN5O. The molecular weight excluding hydrogens is 285 g/mol. The summed E-state index contributed by atoms with van der Waals surface area (Å²) in [5, 5.41) is 13.8. The molecule has 0 fully saturated rings. The fourth-order valence-electron chi connectivity index (χ4n) is 2.10. The van der Waals surface area contributed by atoms with Gasteiger partial charge < -0.3 is 5.32 Å². The van der Waals surface area contributed by atoms with Crippen LogP contribution in [0.5, 0.6) is 0 Å². The summed E-state index contributed by atoms with van der Waals surface area (Å²) in [4.78, 5) is 12.2. The highest BCUT2D eigenvalue weighted by molar-refractivity contribution is 6.04. The quantitative estimate of drug-likeness (QED) is 0.805. The third-order valence-corrected chi connectivity index (χ3v) is 3.24. The van der Waals surface area contributed by atoms with Crippen LogP contribution in [-0.4, -0.2) is 26.1 Å². The first-order valence-electron chi connectivity index (χ1n) is 6.55. The lowest BCUT2D eigenvalue weighted by Gasteiger charge is -2.12. The molecule has 22 heavy (non-hydrogen) atoms. The van der Waals surface area contributed by atoms with Crippen molar-refractivity contribution in [2.24, 2.45) is 0 Å². The van der Waals surface area contributed by atoms with E-state index in [1.807, 2.05) is 13.0 Å². The summed E-state index contributed by atoms with van der Waals surface area (Å²) in [5.74, 6) is -0.830. The average Bonchev–Trinajstić information content (AvgIpc) is 3.03. The van der Waals surface area contributed by atoms with Crippen LogP contribution in [0.1, 0.15) is 15.9 Å². The number of benzene rings is 2. The highest BCUT2D eigenvalue weighted by Crippen LogP contribution is 2.22. The lowest BCUT2D eigenvalue weighted by Crippen LogP contribution is -2.13. The summed E-state index contributed by atoms with van der Waals surface area (Å²) in [6.07, 6.45) is 1.47. The molecule has 2 aromatic carbocycles. The number of amides is 1. The number of hydrogen-bond donors (Lipinski definition) is 1. The zero-order chi connectivity index (χ0) is 15.5. The molecule has 7 heteroatoms. The average molecular weight is 297 g/mol. The molecule has 0 aliphatic rings. The second-order valence-electron chi connectivity index (χ2n) is 4.67. The molecule has 0 aliphatic heterocycles. The fourth-order valence-corrected chi connectivity index (χ4v) is 2.10. The first-order valence-corrected chi connectivity index (χ1v) is 6.55. The van der Waals surface area contributed by atoms with Crippen molar-refractivity contribution < 1.29 is 9.18 Å². The first-order chi connectivity index (χ1) is 10.6. The van der Waals surface area contributed by atoms with Gasteiger partial charge >= 0.3 is 0 Å². The van der Waals surface area contributed by atoms with E-state index in [2.05, 4.69) is 20.8 Å². The maximum absolute atomic E-state index is 13.2. The number of carbonyl (C=O) groups excluding carboxylic acids is 1. The van der Waals surface area contributed by atoms with E-state index in [4.69, 9.17) is 0 Å². The third-order valence-electron chi connectivity index (χ3n) is 3.24. The van der Waals surface area contributed by atoms with Crippen LogP contribution in [0.25, 0.3) is 5.69 Å². The first kappa shape index (κ1) is 13.9. The predicted molar refractivity (Wildman–Crippen MR) is 78.2 cm³/mol. The Morgan fingerprint density at radius 3 is 2.77 bits per heavy atom. The second-order valence-corrected chi connectivity index (χ2v) is 4.67. The highest BCUT2D eigenvalue weighted by atomic mass is 19.1. The molecule has 0 bridgehead atoms. The normalized spacial score (nSPS) is 10.5. The van der Waals surface area contributed by atoms with E-state index in [-0.39, 0.29) is 11.5 Å². The molecule has 6 nitrogen and oxygen atoms in total. The van der Waals surface area contributed by atoms with E-state index >= 15 is 0 Å². The van der Waals surface area contributed by atoms with Gasteiger partial charge in [0.1, 0.15) is 12.1 Å². The molecule has 0 saturated heterocycles. The number of carbonyl (C=O) groups is 1. The Morgan fingerprint density at radius 1 is 1.23 bits per heavy atom. The van der Waals surface area contributed by atoms with Crippen LogP contribution < -0.4 is 5.32 Å². The monoisotopic (exact) mass is 297 g/mol. The minimum atomic E-state index is -0.452. The number of nitrogens with one attached hydrogen (secondary N) is 1. The molecule has 1 amide bonds. The number of rotatable bonds is 3. The second kappa shape index (κ2) is 5.72. The van der Waals surface area contributed by atoms with Gasteiger partial charge in [0, 0.05) is 11.3 Å². The predicted octanol–water partition coefficient (Wildman–Crippen LogP) is 2.36. The van der Waals surface area contributed by atoms with Crippen LogP contribution >= 0.6 is 0 Å². The van der Waals surface area contributed by atoms with E-state index in [0.29, 0.717) is 5.69 Å². The lowest BCUT2D eigenvalue weighted by molar-refractivity contribution is 0.102. The molecule has 1 heterocycles. The SMILES string of the molecule is Cc1c(NC(=O)c2cccc(F)c2)cccc1-n1cnnn1. The molecule has 110 valence electrons. The van der Waals surface area contributed by atoms with Crippen LogP contribution in [0.2, 0.25) is 0 Å². The lowest BCUT2D eigenvalue weighted by atomic mass is 10.1. The molecule has 3 rings (SSSR count). The van der Waals surface area contributed by atoms with Crippen molar-refractivity contribution in [3.63, 3.8) is 0 Å². The van der Waals surface area contributed by atoms with Crippen LogP contribution in [0.3, 0.4) is 0 Å². The van der Waals surface area contributed by atoms with Gasteiger partial charge in [0.25, 0.3) is 5.91 Å². The van der Waals surface area contributed by atoms with Gasteiger partial charge in [0.05, 0.1) is 5.69 Å². The van der Waals surface area contributed by atoms with E-state index in [1.165, 1.54) is 29.2 Å². The number of halogens is 1. The zero-order valence-corrected chi connectivity index (χ0v) is 11.7. The van der Waals surface area contributed by atoms with Gasteiger partial charge in [-0.25, -0.2) is 9.07 Å². The standard InChI is InChI=1S/C15H12FN5O/c1-10-13(6-3-7-14(10)21-9-17-19-20-21)18-15(22)11-4-2-5-12(16)8-11/h2-9H,1H3,(H,18,22). The Labute approximate surface area is 125 Å². The van der Waals surface area contributed by atoms with Crippen molar-refractivity contribution in [3.05, 3.63) is 65.7 Å². The van der Waals surface area contributed by atoms with Crippen molar-refractivity contribution >= 4 is 11.6 Å². The molecule has 0 radical (unpaired) electrons. The van der Waals surface area contributed by atoms with E-state index in [9.17, 15) is 9.18 Å². The number of anilines is 1. The maximum atomic E-state index is 13.2. The topological polar surface area (TPSA) is 72.7 Å². The van der Waals surface area contributed by atoms with E-state index < -0.39 is 5.82 Å². The van der Waals surface area contributed by atoms with Gasteiger partial charge in [-0.2, -0.15) is 0 Å². The van der Waals surface area contributed by atoms with Gasteiger partial charge in [-0.3, -0.25) is 4.79 Å². The number of nitrogens with zero attached hydrogens (tertiary/aromatic N) is 4. The van der Waals surface area contributed by atoms with Crippen molar-refractivity contribution in [1.29, 1.82) is 0 Å². The van der Waals surface area contributed by atoms with Gasteiger partial charge in [0.15, 0.2) is 0 Å². The highest BCUT2D eigenvalue weighted by Gasteiger charge is 2.11. The zero-order valence-electron chi connectivity index (χ0n) is 11.7. The number of hydrogen-bond acceptors (Lipinski definition) is 4. The van der Waals surface area contributed by atoms with E-state index in [1.54, 1.807) is 18.2 Å². The van der Waals surface area contributed by atoms with Crippen LogP contribution in [-0.2, 0) is 0 Å². The van der Waals surface area contributed by atoms with Crippen molar-refractivity contribution in [1.82, 2.24) is 20.2 Å². The largest absolute Gasteiger partial charge is 0.322 e. The van der Waals surface area contributed by atoms with E-state index in [0.717, 1.165) is 11.3 Å². The smallest absolute Gasteiger partial charge is 0.255 e. The Balaban J connectivity index is 1.90. The molecule has 1 aromatic heterocycles. The van der Waals surface area contributed by atoms with Crippen LogP contribution in [0.15, 0.2) is 48.8 Å². The third kappa shape index (κ3) is 2.69. The Bertz CT molecular complexity index is 817. The molecule has 0 atom stereocenters. The summed E-state index contributed by atoms with van der Waals surface area (Å²) in [5.41, 5.74) is 2.43. The maximum Gasteiger partial charge on any atom is 0.255 e. The summed E-state index contributed by atoms with van der Waals surface area (Å²) >= 11 is 0. The van der Waals surface area contributed by atoms with Gasteiger partial charge in [-0.15, -0.1) is 5.10 Å². The summed E-state index contributed by atoms with van der Waals surface area (Å²) in [6, 6.07) is 10.9. The number of aromatic nitrogens is 4.